The lowest BCUT2D eigenvalue weighted by atomic mass is 10.2. The first kappa shape index (κ1) is 19.6. The molecule has 0 radical (unpaired) electrons. The fourth-order valence-electron chi connectivity index (χ4n) is 2.33. The van der Waals surface area contributed by atoms with Gasteiger partial charge in [-0.05, 0) is 47.2 Å². The highest BCUT2D eigenvalue weighted by Crippen LogP contribution is 2.36. The van der Waals surface area contributed by atoms with Gasteiger partial charge < -0.3 is 10.1 Å². The van der Waals surface area contributed by atoms with Gasteiger partial charge in [0.2, 0.25) is 0 Å². The fraction of sp³-hybridized carbons (Fsp3) is 0.176. The van der Waals surface area contributed by atoms with E-state index in [1.54, 1.807) is 25.1 Å². The first-order valence-electron chi connectivity index (χ1n) is 7.87. The van der Waals surface area contributed by atoms with Crippen LogP contribution in [0.25, 0.3) is 5.69 Å². The number of carbonyl (C=O) groups excluding carboxylic acids is 1. The Balaban J connectivity index is 1.68. The van der Waals surface area contributed by atoms with Gasteiger partial charge in [0, 0.05) is 11.8 Å². The highest BCUT2D eigenvalue weighted by Gasteiger charge is 2.33. The zero-order chi connectivity index (χ0) is 20.3. The average Bonchev–Trinajstić information content (AvgIpc) is 3.16. The maximum atomic E-state index is 12.9. The molecule has 1 N–H and O–H groups in total. The van der Waals surface area contributed by atoms with Gasteiger partial charge in [0.1, 0.15) is 12.1 Å². The maximum Gasteiger partial charge on any atom is 0.417 e. The standard InChI is InChI=1S/C17H13ClF3N5O2/c1-10-2-4-12(26-9-22-24-25-26)7-15(10)28-8-16(27)23-11-3-5-14(18)13(6-11)17(19,20)21/h2-7,9H,8H2,1H3,(H,23,27). The van der Waals surface area contributed by atoms with Crippen molar-refractivity contribution in [2.45, 2.75) is 13.1 Å². The van der Waals surface area contributed by atoms with Crippen LogP contribution >= 0.6 is 11.6 Å². The number of aromatic nitrogens is 4. The first-order chi connectivity index (χ1) is 13.2. The lowest BCUT2D eigenvalue weighted by Crippen LogP contribution is -2.21. The minimum atomic E-state index is -4.62. The molecule has 0 fully saturated rings. The lowest BCUT2D eigenvalue weighted by Gasteiger charge is -2.13. The van der Waals surface area contributed by atoms with Gasteiger partial charge in [0.15, 0.2) is 6.61 Å². The third-order valence-electron chi connectivity index (χ3n) is 3.70. The van der Waals surface area contributed by atoms with Crippen LogP contribution in [0.5, 0.6) is 5.75 Å². The summed E-state index contributed by atoms with van der Waals surface area (Å²) in [6.45, 7) is 1.38. The number of hydrogen-bond acceptors (Lipinski definition) is 5. The van der Waals surface area contributed by atoms with Gasteiger partial charge in [-0.2, -0.15) is 13.2 Å². The zero-order valence-electron chi connectivity index (χ0n) is 14.4. The summed E-state index contributed by atoms with van der Waals surface area (Å²) in [5.74, 6) is -0.210. The summed E-state index contributed by atoms with van der Waals surface area (Å²) in [5.41, 5.74) is 0.316. The van der Waals surface area contributed by atoms with E-state index in [9.17, 15) is 18.0 Å². The van der Waals surface area contributed by atoms with Crippen LogP contribution in [0.2, 0.25) is 5.02 Å². The van der Waals surface area contributed by atoms with E-state index in [0.29, 0.717) is 11.4 Å². The number of alkyl halides is 3. The number of nitrogens with zero attached hydrogens (tertiary/aromatic N) is 4. The molecule has 1 heterocycles. The summed E-state index contributed by atoms with van der Waals surface area (Å²) in [6, 6.07) is 8.29. The molecule has 0 aliphatic heterocycles. The zero-order valence-corrected chi connectivity index (χ0v) is 15.1. The van der Waals surface area contributed by atoms with E-state index in [-0.39, 0.29) is 5.69 Å². The normalized spacial score (nSPS) is 11.3. The van der Waals surface area contributed by atoms with Crippen LogP contribution in [0.15, 0.2) is 42.7 Å². The molecule has 2 aromatic carbocycles. The summed E-state index contributed by atoms with van der Waals surface area (Å²) in [4.78, 5) is 12.1. The Morgan fingerprint density at radius 2 is 2.04 bits per heavy atom. The SMILES string of the molecule is Cc1ccc(-n2cnnn2)cc1OCC(=O)Nc1ccc(Cl)c(C(F)(F)F)c1. The quantitative estimate of drug-likeness (QED) is 0.693. The molecule has 146 valence electrons. The second-order valence-electron chi connectivity index (χ2n) is 5.73. The third kappa shape index (κ3) is 4.58. The van der Waals surface area contributed by atoms with Gasteiger partial charge in [-0.3, -0.25) is 4.79 Å². The first-order valence-corrected chi connectivity index (χ1v) is 8.25. The third-order valence-corrected chi connectivity index (χ3v) is 4.03. The number of amides is 1. The lowest BCUT2D eigenvalue weighted by molar-refractivity contribution is -0.137. The Hall–Kier alpha value is -3.14. The van der Waals surface area contributed by atoms with E-state index >= 15 is 0 Å². The molecule has 0 spiro atoms. The van der Waals surface area contributed by atoms with E-state index in [2.05, 4.69) is 20.8 Å². The van der Waals surface area contributed by atoms with E-state index < -0.39 is 29.3 Å². The highest BCUT2D eigenvalue weighted by atomic mass is 35.5. The van der Waals surface area contributed by atoms with Crippen LogP contribution in [0.3, 0.4) is 0 Å². The number of aryl methyl sites for hydroxylation is 1. The van der Waals surface area contributed by atoms with Crippen LogP contribution in [-0.2, 0) is 11.0 Å². The molecule has 7 nitrogen and oxygen atoms in total. The summed E-state index contributed by atoms with van der Waals surface area (Å²) >= 11 is 5.56. The molecule has 0 bridgehead atoms. The van der Waals surface area contributed by atoms with Crippen molar-refractivity contribution in [2.24, 2.45) is 0 Å². The molecule has 3 aromatic rings. The van der Waals surface area contributed by atoms with E-state index in [4.69, 9.17) is 16.3 Å². The number of ether oxygens (including phenoxy) is 1. The summed E-state index contributed by atoms with van der Waals surface area (Å²) in [6.07, 6.45) is -3.22. The van der Waals surface area contributed by atoms with Crippen LogP contribution in [0.1, 0.15) is 11.1 Å². The average molecular weight is 412 g/mol. The molecule has 0 saturated heterocycles. The van der Waals surface area contributed by atoms with Crippen molar-refractivity contribution < 1.29 is 22.7 Å². The van der Waals surface area contributed by atoms with Crippen molar-refractivity contribution in [1.29, 1.82) is 0 Å². The predicted molar refractivity (Wildman–Crippen MR) is 94.5 cm³/mol. The molecule has 11 heteroatoms. The molecular formula is C17H13ClF3N5O2. The number of anilines is 1. The van der Waals surface area contributed by atoms with Crippen LogP contribution in [0.4, 0.5) is 18.9 Å². The van der Waals surface area contributed by atoms with Crippen molar-refractivity contribution in [1.82, 2.24) is 20.2 Å². The fourth-order valence-corrected chi connectivity index (χ4v) is 2.55. The Morgan fingerprint density at radius 1 is 1.25 bits per heavy atom. The van der Waals surface area contributed by atoms with Gasteiger partial charge in [-0.25, -0.2) is 4.68 Å². The van der Waals surface area contributed by atoms with E-state index in [0.717, 1.165) is 17.7 Å². The van der Waals surface area contributed by atoms with Gasteiger partial charge in [-0.15, -0.1) is 5.10 Å². The second-order valence-corrected chi connectivity index (χ2v) is 6.14. The molecular weight excluding hydrogens is 399 g/mol. The van der Waals surface area contributed by atoms with E-state index in [1.165, 1.54) is 17.1 Å². The van der Waals surface area contributed by atoms with Crippen molar-refractivity contribution in [3.8, 4) is 11.4 Å². The van der Waals surface area contributed by atoms with Gasteiger partial charge >= 0.3 is 6.18 Å². The number of nitrogens with one attached hydrogen (secondary N) is 1. The molecule has 0 aliphatic rings. The molecule has 0 unspecified atom stereocenters. The predicted octanol–water partition coefficient (Wildman–Crippen LogP) is 3.66. The molecule has 3 rings (SSSR count). The molecule has 1 aromatic heterocycles. The molecule has 0 atom stereocenters. The number of tetrazole rings is 1. The molecule has 0 aliphatic carbocycles. The Morgan fingerprint density at radius 3 is 2.71 bits per heavy atom. The molecule has 1 amide bonds. The molecule has 0 saturated carbocycles. The van der Waals surface area contributed by atoms with Gasteiger partial charge in [-0.1, -0.05) is 17.7 Å². The van der Waals surface area contributed by atoms with Crippen LogP contribution in [-0.4, -0.2) is 32.7 Å². The summed E-state index contributed by atoms with van der Waals surface area (Å²) in [5, 5.41) is 12.7. The summed E-state index contributed by atoms with van der Waals surface area (Å²) in [7, 11) is 0. The van der Waals surface area contributed by atoms with Crippen molar-refractivity contribution in [3.63, 3.8) is 0 Å². The van der Waals surface area contributed by atoms with Crippen molar-refractivity contribution >= 4 is 23.2 Å². The topological polar surface area (TPSA) is 81.9 Å². The number of rotatable bonds is 5. The Kier molecular flexibility index (Phi) is 5.50. The summed E-state index contributed by atoms with van der Waals surface area (Å²) < 4.78 is 45.6. The largest absolute Gasteiger partial charge is 0.483 e. The van der Waals surface area contributed by atoms with Crippen LogP contribution < -0.4 is 10.1 Å². The number of carbonyl (C=O) groups is 1. The Labute approximate surface area is 162 Å². The smallest absolute Gasteiger partial charge is 0.417 e. The van der Waals surface area contributed by atoms with Gasteiger partial charge in [0.25, 0.3) is 5.91 Å². The van der Waals surface area contributed by atoms with Crippen LogP contribution in [0, 0.1) is 6.92 Å². The van der Waals surface area contributed by atoms with Crippen molar-refractivity contribution in [2.75, 3.05) is 11.9 Å². The molecule has 28 heavy (non-hydrogen) atoms. The van der Waals surface area contributed by atoms with Gasteiger partial charge in [0.05, 0.1) is 16.3 Å². The second kappa shape index (κ2) is 7.85. The minimum Gasteiger partial charge on any atom is -0.483 e. The minimum absolute atomic E-state index is 0.0375. The van der Waals surface area contributed by atoms with E-state index in [1.807, 2.05) is 0 Å². The number of benzene rings is 2. The highest BCUT2D eigenvalue weighted by molar-refractivity contribution is 6.31. The number of halogens is 4. The number of hydrogen-bond donors (Lipinski definition) is 1. The Bertz CT molecular complexity index is 993. The maximum absolute atomic E-state index is 12.9. The van der Waals surface area contributed by atoms with Crippen molar-refractivity contribution in [3.05, 3.63) is 58.9 Å². The monoisotopic (exact) mass is 411 g/mol.